The van der Waals surface area contributed by atoms with Crippen molar-refractivity contribution in [1.82, 2.24) is 5.32 Å². The molecule has 5 heteroatoms. The highest BCUT2D eigenvalue weighted by Crippen LogP contribution is 2.17. The lowest BCUT2D eigenvalue weighted by Crippen LogP contribution is -2.35. The molecule has 0 radical (unpaired) electrons. The molecule has 0 saturated carbocycles. The molecule has 0 fully saturated rings. The summed E-state index contributed by atoms with van der Waals surface area (Å²) in [6.45, 7) is 4.27. The van der Waals surface area contributed by atoms with Gasteiger partial charge in [0.15, 0.2) is 0 Å². The Morgan fingerprint density at radius 2 is 2.18 bits per heavy atom. The largest absolute Gasteiger partial charge is 0.351 e. The molecule has 0 heterocycles. The molecule has 0 atom stereocenters. The van der Waals surface area contributed by atoms with Crippen LogP contribution in [-0.2, 0) is 0 Å². The summed E-state index contributed by atoms with van der Waals surface area (Å²) in [6, 6.07) is 4.34. The third-order valence-corrected chi connectivity index (χ3v) is 3.48. The van der Waals surface area contributed by atoms with Crippen molar-refractivity contribution < 1.29 is 9.18 Å². The van der Waals surface area contributed by atoms with Crippen LogP contribution in [0.25, 0.3) is 0 Å². The smallest absolute Gasteiger partial charge is 0.254 e. The number of halogens is 3. The molecule has 2 nitrogen and oxygen atoms in total. The molecule has 1 amide bonds. The zero-order valence-electron chi connectivity index (χ0n) is 9.69. The Morgan fingerprint density at radius 3 is 2.71 bits per heavy atom. The van der Waals surface area contributed by atoms with Gasteiger partial charge in [-0.2, -0.15) is 0 Å². The second-order valence-corrected chi connectivity index (χ2v) is 5.79. The standard InChI is InChI=1S/C12H14BrClFNO/c1-12(2,6-14)7-16-11(17)9-4-3-8(13)5-10(9)15/h3-5H,6-7H2,1-2H3,(H,16,17). The van der Waals surface area contributed by atoms with Crippen molar-refractivity contribution in [2.45, 2.75) is 13.8 Å². The van der Waals surface area contributed by atoms with Gasteiger partial charge in [-0.05, 0) is 23.6 Å². The molecule has 0 saturated heterocycles. The van der Waals surface area contributed by atoms with Crippen LogP contribution in [0.2, 0.25) is 0 Å². The highest BCUT2D eigenvalue weighted by atomic mass is 79.9. The molecule has 0 spiro atoms. The van der Waals surface area contributed by atoms with Crippen LogP contribution in [0.5, 0.6) is 0 Å². The number of rotatable bonds is 4. The molecule has 0 bridgehead atoms. The van der Waals surface area contributed by atoms with Crippen LogP contribution in [0.3, 0.4) is 0 Å². The number of hydrogen-bond donors (Lipinski definition) is 1. The van der Waals surface area contributed by atoms with Gasteiger partial charge in [0.25, 0.3) is 5.91 Å². The van der Waals surface area contributed by atoms with Gasteiger partial charge in [0.1, 0.15) is 5.82 Å². The van der Waals surface area contributed by atoms with Gasteiger partial charge in [-0.15, -0.1) is 11.6 Å². The first-order chi connectivity index (χ1) is 7.85. The highest BCUT2D eigenvalue weighted by molar-refractivity contribution is 9.10. The van der Waals surface area contributed by atoms with Gasteiger partial charge < -0.3 is 5.32 Å². The summed E-state index contributed by atoms with van der Waals surface area (Å²) in [5, 5.41) is 2.67. The number of carbonyl (C=O) groups excluding carboxylic acids is 1. The molecule has 0 aliphatic rings. The molecule has 1 rings (SSSR count). The lowest BCUT2D eigenvalue weighted by Gasteiger charge is -2.21. The summed E-state index contributed by atoms with van der Waals surface area (Å²) in [5.41, 5.74) is -0.165. The molecule has 17 heavy (non-hydrogen) atoms. The van der Waals surface area contributed by atoms with Crippen molar-refractivity contribution in [2.75, 3.05) is 12.4 Å². The van der Waals surface area contributed by atoms with Crippen LogP contribution in [0.1, 0.15) is 24.2 Å². The van der Waals surface area contributed by atoms with E-state index in [4.69, 9.17) is 11.6 Å². The summed E-state index contributed by atoms with van der Waals surface area (Å²) >= 11 is 8.88. The Morgan fingerprint density at radius 1 is 1.53 bits per heavy atom. The van der Waals surface area contributed by atoms with Crippen molar-refractivity contribution in [3.8, 4) is 0 Å². The number of amides is 1. The Bertz CT molecular complexity index is 423. The van der Waals surface area contributed by atoms with E-state index in [9.17, 15) is 9.18 Å². The van der Waals surface area contributed by atoms with E-state index in [1.165, 1.54) is 12.1 Å². The number of carbonyl (C=O) groups is 1. The number of hydrogen-bond acceptors (Lipinski definition) is 1. The monoisotopic (exact) mass is 321 g/mol. The van der Waals surface area contributed by atoms with Crippen LogP contribution in [0.15, 0.2) is 22.7 Å². The number of benzene rings is 1. The summed E-state index contributed by atoms with van der Waals surface area (Å²) in [4.78, 5) is 11.7. The first-order valence-corrected chi connectivity index (χ1v) is 6.48. The van der Waals surface area contributed by atoms with Crippen LogP contribution in [-0.4, -0.2) is 18.3 Å². The minimum atomic E-state index is -0.541. The molecule has 0 aliphatic heterocycles. The maximum absolute atomic E-state index is 13.5. The van der Waals surface area contributed by atoms with Crippen LogP contribution in [0, 0.1) is 11.2 Å². The van der Waals surface area contributed by atoms with Crippen molar-refractivity contribution >= 4 is 33.4 Å². The van der Waals surface area contributed by atoms with Crippen LogP contribution in [0.4, 0.5) is 4.39 Å². The minimum Gasteiger partial charge on any atom is -0.351 e. The quantitative estimate of drug-likeness (QED) is 0.843. The molecular weight excluding hydrogens is 308 g/mol. The second kappa shape index (κ2) is 5.83. The molecule has 0 unspecified atom stereocenters. The molecule has 0 aromatic heterocycles. The normalized spacial score (nSPS) is 11.4. The van der Waals surface area contributed by atoms with Crippen molar-refractivity contribution in [1.29, 1.82) is 0 Å². The molecule has 94 valence electrons. The third-order valence-electron chi connectivity index (χ3n) is 2.27. The van der Waals surface area contributed by atoms with Gasteiger partial charge in [-0.3, -0.25) is 4.79 Å². The topological polar surface area (TPSA) is 29.1 Å². The van der Waals surface area contributed by atoms with Gasteiger partial charge in [0.05, 0.1) is 5.56 Å². The van der Waals surface area contributed by atoms with E-state index < -0.39 is 11.7 Å². The van der Waals surface area contributed by atoms with E-state index in [0.29, 0.717) is 16.9 Å². The van der Waals surface area contributed by atoms with E-state index in [1.54, 1.807) is 6.07 Å². The number of nitrogens with one attached hydrogen (secondary N) is 1. The molecule has 1 aromatic carbocycles. The average Bonchev–Trinajstić information content (AvgIpc) is 2.26. The zero-order valence-corrected chi connectivity index (χ0v) is 12.0. The Balaban J connectivity index is 2.71. The summed E-state index contributed by atoms with van der Waals surface area (Å²) in [6.07, 6.45) is 0. The van der Waals surface area contributed by atoms with Crippen LogP contribution < -0.4 is 5.32 Å². The first kappa shape index (κ1) is 14.5. The molecule has 0 aliphatic carbocycles. The lowest BCUT2D eigenvalue weighted by molar-refractivity contribution is 0.0936. The van der Waals surface area contributed by atoms with Gasteiger partial charge in [0, 0.05) is 16.9 Å². The molecular formula is C12H14BrClFNO. The first-order valence-electron chi connectivity index (χ1n) is 5.15. The fourth-order valence-electron chi connectivity index (χ4n) is 1.14. The predicted octanol–water partition coefficient (Wildman–Crippen LogP) is 3.58. The third kappa shape index (κ3) is 4.28. The Kier molecular flexibility index (Phi) is 4.95. The van der Waals surface area contributed by atoms with E-state index in [1.807, 2.05) is 13.8 Å². The minimum absolute atomic E-state index is 0.0403. The SMILES string of the molecule is CC(C)(CCl)CNC(=O)c1ccc(Br)cc1F. The Labute approximate surface area is 114 Å². The summed E-state index contributed by atoms with van der Waals surface area (Å²) < 4.78 is 14.1. The fraction of sp³-hybridized carbons (Fsp3) is 0.417. The van der Waals surface area contributed by atoms with E-state index in [0.717, 1.165) is 0 Å². The zero-order chi connectivity index (χ0) is 13.1. The van der Waals surface area contributed by atoms with Crippen molar-refractivity contribution in [3.05, 3.63) is 34.1 Å². The van der Waals surface area contributed by atoms with Crippen LogP contribution >= 0.6 is 27.5 Å². The van der Waals surface area contributed by atoms with Gasteiger partial charge in [-0.25, -0.2) is 4.39 Å². The van der Waals surface area contributed by atoms with E-state index in [2.05, 4.69) is 21.2 Å². The Hall–Kier alpha value is -0.610. The molecule has 1 N–H and O–H groups in total. The van der Waals surface area contributed by atoms with Gasteiger partial charge >= 0.3 is 0 Å². The van der Waals surface area contributed by atoms with Crippen molar-refractivity contribution in [2.24, 2.45) is 5.41 Å². The maximum atomic E-state index is 13.5. The van der Waals surface area contributed by atoms with E-state index in [-0.39, 0.29) is 11.0 Å². The highest BCUT2D eigenvalue weighted by Gasteiger charge is 2.19. The average molecular weight is 323 g/mol. The van der Waals surface area contributed by atoms with Gasteiger partial charge in [-0.1, -0.05) is 29.8 Å². The maximum Gasteiger partial charge on any atom is 0.254 e. The fourth-order valence-corrected chi connectivity index (χ4v) is 1.56. The van der Waals surface area contributed by atoms with E-state index >= 15 is 0 Å². The molecule has 1 aromatic rings. The second-order valence-electron chi connectivity index (χ2n) is 4.60. The van der Waals surface area contributed by atoms with Gasteiger partial charge in [0.2, 0.25) is 0 Å². The summed E-state index contributed by atoms with van der Waals surface area (Å²) in [5.74, 6) is -0.537. The summed E-state index contributed by atoms with van der Waals surface area (Å²) in [7, 11) is 0. The van der Waals surface area contributed by atoms with Crippen molar-refractivity contribution in [3.63, 3.8) is 0 Å². The lowest BCUT2D eigenvalue weighted by atomic mass is 9.96. The predicted molar refractivity (Wildman–Crippen MR) is 70.9 cm³/mol. The number of alkyl halides is 1.